The maximum Gasteiger partial charge on any atom is 0.240 e. The zero-order valence-corrected chi connectivity index (χ0v) is 10.9. The number of benzene rings is 1. The standard InChI is InChI=1S/C15H20N2O/c1-3-9-17(4-2)15(18)14-10-12-7-5-6-8-13(12)11-16-14/h3,5-8,14,16H,1,4,9-11H2,2H3. The Morgan fingerprint density at radius 3 is 2.89 bits per heavy atom. The van der Waals surface area contributed by atoms with Gasteiger partial charge in [0, 0.05) is 19.6 Å². The molecule has 1 unspecified atom stereocenters. The Kier molecular flexibility index (Phi) is 4.15. The zero-order valence-electron chi connectivity index (χ0n) is 10.9. The highest BCUT2D eigenvalue weighted by atomic mass is 16.2. The van der Waals surface area contributed by atoms with Gasteiger partial charge in [0.05, 0.1) is 6.04 Å². The van der Waals surface area contributed by atoms with E-state index in [0.717, 1.165) is 19.5 Å². The summed E-state index contributed by atoms with van der Waals surface area (Å²) in [5, 5.41) is 3.32. The van der Waals surface area contributed by atoms with Crippen molar-refractivity contribution in [1.82, 2.24) is 10.2 Å². The molecule has 96 valence electrons. The van der Waals surface area contributed by atoms with Crippen LogP contribution in [0.25, 0.3) is 0 Å². The molecule has 0 bridgehead atoms. The Hall–Kier alpha value is -1.61. The molecule has 0 saturated heterocycles. The van der Waals surface area contributed by atoms with E-state index in [1.807, 2.05) is 24.0 Å². The molecule has 3 heteroatoms. The molecule has 1 aromatic rings. The van der Waals surface area contributed by atoms with Crippen LogP contribution >= 0.6 is 0 Å². The van der Waals surface area contributed by atoms with Crippen molar-refractivity contribution in [2.24, 2.45) is 0 Å². The van der Waals surface area contributed by atoms with Gasteiger partial charge in [0.25, 0.3) is 0 Å². The molecule has 1 heterocycles. The van der Waals surface area contributed by atoms with Crippen molar-refractivity contribution in [2.45, 2.75) is 25.9 Å². The second kappa shape index (κ2) is 5.83. The second-order valence-corrected chi connectivity index (χ2v) is 4.57. The lowest BCUT2D eigenvalue weighted by atomic mass is 9.95. The third-order valence-electron chi connectivity index (χ3n) is 3.42. The van der Waals surface area contributed by atoms with Crippen LogP contribution in [-0.2, 0) is 17.8 Å². The van der Waals surface area contributed by atoms with Crippen LogP contribution in [0.15, 0.2) is 36.9 Å². The van der Waals surface area contributed by atoms with Crippen LogP contribution in [0.2, 0.25) is 0 Å². The molecule has 0 radical (unpaired) electrons. The highest BCUT2D eigenvalue weighted by Gasteiger charge is 2.26. The summed E-state index contributed by atoms with van der Waals surface area (Å²) >= 11 is 0. The maximum absolute atomic E-state index is 12.3. The summed E-state index contributed by atoms with van der Waals surface area (Å²) in [5.41, 5.74) is 2.58. The molecule has 1 aliphatic heterocycles. The summed E-state index contributed by atoms with van der Waals surface area (Å²) in [6.07, 6.45) is 2.56. The SMILES string of the molecule is C=CCN(CC)C(=O)C1Cc2ccccc2CN1. The summed E-state index contributed by atoms with van der Waals surface area (Å²) in [7, 11) is 0. The summed E-state index contributed by atoms with van der Waals surface area (Å²) in [5.74, 6) is 0.173. The van der Waals surface area contributed by atoms with Gasteiger partial charge in [-0.15, -0.1) is 6.58 Å². The zero-order chi connectivity index (χ0) is 13.0. The van der Waals surface area contributed by atoms with Crippen LogP contribution in [0.4, 0.5) is 0 Å². The first-order chi connectivity index (χ1) is 8.76. The van der Waals surface area contributed by atoms with Crippen LogP contribution in [-0.4, -0.2) is 29.9 Å². The molecule has 1 N–H and O–H groups in total. The van der Waals surface area contributed by atoms with E-state index in [1.165, 1.54) is 11.1 Å². The third-order valence-corrected chi connectivity index (χ3v) is 3.42. The van der Waals surface area contributed by atoms with Crippen molar-refractivity contribution in [3.8, 4) is 0 Å². The minimum atomic E-state index is -0.0974. The lowest BCUT2D eigenvalue weighted by Crippen LogP contribution is -2.49. The van der Waals surface area contributed by atoms with Crippen LogP contribution in [0.3, 0.4) is 0 Å². The van der Waals surface area contributed by atoms with Crippen molar-refractivity contribution in [3.63, 3.8) is 0 Å². The molecule has 0 aromatic heterocycles. The van der Waals surface area contributed by atoms with Gasteiger partial charge in [-0.1, -0.05) is 30.3 Å². The Labute approximate surface area is 108 Å². The van der Waals surface area contributed by atoms with E-state index >= 15 is 0 Å². The van der Waals surface area contributed by atoms with Crippen LogP contribution in [0.5, 0.6) is 0 Å². The first-order valence-electron chi connectivity index (χ1n) is 6.46. The number of carbonyl (C=O) groups excluding carboxylic acids is 1. The number of nitrogens with zero attached hydrogens (tertiary/aromatic N) is 1. The van der Waals surface area contributed by atoms with Crippen molar-refractivity contribution in [3.05, 3.63) is 48.0 Å². The fourth-order valence-corrected chi connectivity index (χ4v) is 2.38. The van der Waals surface area contributed by atoms with Gasteiger partial charge >= 0.3 is 0 Å². The quantitative estimate of drug-likeness (QED) is 0.818. The Bertz CT molecular complexity index is 442. The monoisotopic (exact) mass is 244 g/mol. The second-order valence-electron chi connectivity index (χ2n) is 4.57. The highest BCUT2D eigenvalue weighted by molar-refractivity contribution is 5.82. The maximum atomic E-state index is 12.3. The molecule has 18 heavy (non-hydrogen) atoms. The van der Waals surface area contributed by atoms with Gasteiger partial charge in [-0.2, -0.15) is 0 Å². The summed E-state index contributed by atoms with van der Waals surface area (Å²) in [6, 6.07) is 8.20. The Morgan fingerprint density at radius 1 is 1.50 bits per heavy atom. The molecule has 1 atom stereocenters. The average Bonchev–Trinajstić information content (AvgIpc) is 2.43. The van der Waals surface area contributed by atoms with Gasteiger partial charge in [0.15, 0.2) is 0 Å². The smallest absolute Gasteiger partial charge is 0.240 e. The topological polar surface area (TPSA) is 32.3 Å². The van der Waals surface area contributed by atoms with Gasteiger partial charge in [-0.3, -0.25) is 4.79 Å². The Balaban J connectivity index is 2.08. The van der Waals surface area contributed by atoms with E-state index in [4.69, 9.17) is 0 Å². The number of fused-ring (bicyclic) bond motifs is 1. The third kappa shape index (κ3) is 2.62. The molecule has 1 aliphatic rings. The van der Waals surface area contributed by atoms with Crippen molar-refractivity contribution < 1.29 is 4.79 Å². The lowest BCUT2D eigenvalue weighted by molar-refractivity contribution is -0.132. The lowest BCUT2D eigenvalue weighted by Gasteiger charge is -2.30. The highest BCUT2D eigenvalue weighted by Crippen LogP contribution is 2.17. The van der Waals surface area contributed by atoms with E-state index in [0.29, 0.717) is 6.54 Å². The van der Waals surface area contributed by atoms with Crippen LogP contribution < -0.4 is 5.32 Å². The number of amides is 1. The van der Waals surface area contributed by atoms with Gasteiger partial charge in [0.1, 0.15) is 0 Å². The molecule has 2 rings (SSSR count). The predicted octanol–water partition coefficient (Wildman–Crippen LogP) is 1.74. The first kappa shape index (κ1) is 12.8. The van der Waals surface area contributed by atoms with Gasteiger partial charge < -0.3 is 10.2 Å². The van der Waals surface area contributed by atoms with Crippen LogP contribution in [0.1, 0.15) is 18.1 Å². The molecule has 1 amide bonds. The molecular formula is C15H20N2O. The molecule has 0 saturated carbocycles. The number of hydrogen-bond acceptors (Lipinski definition) is 2. The average molecular weight is 244 g/mol. The number of carbonyl (C=O) groups is 1. The number of nitrogens with one attached hydrogen (secondary N) is 1. The predicted molar refractivity (Wildman–Crippen MR) is 73.2 cm³/mol. The van der Waals surface area contributed by atoms with Gasteiger partial charge in [0.2, 0.25) is 5.91 Å². The summed E-state index contributed by atoms with van der Waals surface area (Å²) in [6.45, 7) is 7.82. The van der Waals surface area contributed by atoms with Crippen molar-refractivity contribution in [2.75, 3.05) is 13.1 Å². The number of likely N-dealkylation sites (N-methyl/N-ethyl adjacent to an activating group) is 1. The molecule has 0 spiro atoms. The summed E-state index contributed by atoms with van der Waals surface area (Å²) < 4.78 is 0. The van der Waals surface area contributed by atoms with E-state index < -0.39 is 0 Å². The van der Waals surface area contributed by atoms with Crippen molar-refractivity contribution in [1.29, 1.82) is 0 Å². The fraction of sp³-hybridized carbons (Fsp3) is 0.400. The van der Waals surface area contributed by atoms with Crippen LogP contribution in [0, 0.1) is 0 Å². The molecular weight excluding hydrogens is 224 g/mol. The number of rotatable bonds is 4. The van der Waals surface area contributed by atoms with E-state index in [9.17, 15) is 4.79 Å². The first-order valence-corrected chi connectivity index (χ1v) is 6.46. The molecule has 3 nitrogen and oxygen atoms in total. The Morgan fingerprint density at radius 2 is 2.22 bits per heavy atom. The van der Waals surface area contributed by atoms with E-state index in [-0.39, 0.29) is 11.9 Å². The molecule has 0 fully saturated rings. The fourth-order valence-electron chi connectivity index (χ4n) is 2.38. The minimum absolute atomic E-state index is 0.0974. The summed E-state index contributed by atoms with van der Waals surface area (Å²) in [4.78, 5) is 14.2. The van der Waals surface area contributed by atoms with E-state index in [1.54, 1.807) is 6.08 Å². The number of hydrogen-bond donors (Lipinski definition) is 1. The van der Waals surface area contributed by atoms with Gasteiger partial charge in [-0.25, -0.2) is 0 Å². The minimum Gasteiger partial charge on any atom is -0.338 e. The van der Waals surface area contributed by atoms with Crippen molar-refractivity contribution >= 4 is 5.91 Å². The molecule has 1 aromatic carbocycles. The van der Waals surface area contributed by atoms with E-state index in [2.05, 4.69) is 24.0 Å². The normalized spacial score (nSPS) is 17.9. The largest absolute Gasteiger partial charge is 0.338 e. The van der Waals surface area contributed by atoms with Gasteiger partial charge in [-0.05, 0) is 24.5 Å². The molecule has 0 aliphatic carbocycles.